The zero-order chi connectivity index (χ0) is 10.9. The summed E-state index contributed by atoms with van der Waals surface area (Å²) in [6.07, 6.45) is 5.97. The molecule has 0 atom stereocenters. The molecule has 86 valence electrons. The molecule has 0 aromatic carbocycles. The van der Waals surface area contributed by atoms with Crippen LogP contribution in [0.25, 0.3) is 0 Å². The molecular weight excluding hydrogens is 176 g/mol. The quantitative estimate of drug-likeness (QED) is 0.337. The monoisotopic (exact) mass is 202 g/mol. The Morgan fingerprint density at radius 3 is 2.07 bits per heavy atom. The van der Waals surface area contributed by atoms with E-state index in [1.165, 1.54) is 19.3 Å². The zero-order valence-electron chi connectivity index (χ0n) is 10.3. The minimum Gasteiger partial charge on any atom is -0.237 e. The zero-order valence-corrected chi connectivity index (χ0v) is 10.3. The van der Waals surface area contributed by atoms with Gasteiger partial charge in [0.15, 0.2) is 0 Å². The molecule has 0 fully saturated rings. The molecule has 0 saturated heterocycles. The van der Waals surface area contributed by atoms with Gasteiger partial charge in [-0.2, -0.15) is 0 Å². The molecule has 0 spiro atoms. The van der Waals surface area contributed by atoms with Crippen LogP contribution in [0.3, 0.4) is 0 Å². The molecule has 0 rings (SSSR count). The highest BCUT2D eigenvalue weighted by atomic mass is 17.2. The molecule has 2 heteroatoms. The van der Waals surface area contributed by atoms with Crippen LogP contribution in [0.2, 0.25) is 0 Å². The molecule has 0 aliphatic heterocycles. The summed E-state index contributed by atoms with van der Waals surface area (Å²) in [4.78, 5) is 10.2. The standard InChI is InChI=1S/C12H26O2/c1-5-6-7-8-10-13-14-11-9-12(2,3)4/h5-11H2,1-4H3. The average molecular weight is 202 g/mol. The summed E-state index contributed by atoms with van der Waals surface area (Å²) in [5.41, 5.74) is 0.339. The van der Waals surface area contributed by atoms with Crippen LogP contribution in [0.15, 0.2) is 0 Å². The summed E-state index contributed by atoms with van der Waals surface area (Å²) in [5.74, 6) is 0. The number of hydrogen-bond donors (Lipinski definition) is 0. The SMILES string of the molecule is CCCCCCOOCCC(C)(C)C. The lowest BCUT2D eigenvalue weighted by molar-refractivity contribution is -0.297. The second kappa shape index (κ2) is 8.25. The minimum atomic E-state index is 0.339. The first-order valence-corrected chi connectivity index (χ1v) is 5.80. The summed E-state index contributed by atoms with van der Waals surface area (Å²) < 4.78 is 0. The van der Waals surface area contributed by atoms with E-state index in [4.69, 9.17) is 9.78 Å². The largest absolute Gasteiger partial charge is 0.237 e. The lowest BCUT2D eigenvalue weighted by Crippen LogP contribution is -2.10. The van der Waals surface area contributed by atoms with Crippen LogP contribution < -0.4 is 0 Å². The number of rotatable bonds is 8. The first-order chi connectivity index (χ1) is 6.56. The van der Waals surface area contributed by atoms with Gasteiger partial charge >= 0.3 is 0 Å². The van der Waals surface area contributed by atoms with Crippen molar-refractivity contribution < 1.29 is 9.78 Å². The highest BCUT2D eigenvalue weighted by Crippen LogP contribution is 2.17. The molecule has 0 N–H and O–H groups in total. The minimum absolute atomic E-state index is 0.339. The smallest absolute Gasteiger partial charge is 0.0827 e. The highest BCUT2D eigenvalue weighted by molar-refractivity contribution is 4.59. The third-order valence-electron chi connectivity index (χ3n) is 2.10. The molecule has 0 radical (unpaired) electrons. The van der Waals surface area contributed by atoms with Crippen molar-refractivity contribution in [2.45, 2.75) is 59.8 Å². The molecule has 14 heavy (non-hydrogen) atoms. The van der Waals surface area contributed by atoms with Gasteiger partial charge in [0.1, 0.15) is 0 Å². The molecule has 0 unspecified atom stereocenters. The van der Waals surface area contributed by atoms with Crippen LogP contribution in [0.5, 0.6) is 0 Å². The summed E-state index contributed by atoms with van der Waals surface area (Å²) in [6, 6.07) is 0. The Hall–Kier alpha value is -0.0800. The normalized spacial score (nSPS) is 12.0. The lowest BCUT2D eigenvalue weighted by atomic mass is 9.93. The first-order valence-electron chi connectivity index (χ1n) is 5.80. The van der Waals surface area contributed by atoms with Crippen LogP contribution in [-0.2, 0) is 9.78 Å². The van der Waals surface area contributed by atoms with Crippen LogP contribution in [0.1, 0.15) is 59.8 Å². The fraction of sp³-hybridized carbons (Fsp3) is 1.00. The van der Waals surface area contributed by atoms with Gasteiger partial charge in [0, 0.05) is 0 Å². The van der Waals surface area contributed by atoms with Gasteiger partial charge < -0.3 is 0 Å². The van der Waals surface area contributed by atoms with E-state index in [1.54, 1.807) is 0 Å². The molecule has 0 aromatic heterocycles. The van der Waals surface area contributed by atoms with Crippen molar-refractivity contribution in [3.63, 3.8) is 0 Å². The fourth-order valence-corrected chi connectivity index (χ4v) is 1.05. The fourth-order valence-electron chi connectivity index (χ4n) is 1.05. The third kappa shape index (κ3) is 11.9. The van der Waals surface area contributed by atoms with Crippen LogP contribution >= 0.6 is 0 Å². The number of hydrogen-bond acceptors (Lipinski definition) is 2. The summed E-state index contributed by atoms with van der Waals surface area (Å²) >= 11 is 0. The first kappa shape index (κ1) is 13.9. The predicted molar refractivity (Wildman–Crippen MR) is 60.1 cm³/mol. The molecule has 0 bridgehead atoms. The highest BCUT2D eigenvalue weighted by Gasteiger charge is 2.09. The molecule has 0 amide bonds. The van der Waals surface area contributed by atoms with E-state index < -0.39 is 0 Å². The van der Waals surface area contributed by atoms with E-state index >= 15 is 0 Å². The van der Waals surface area contributed by atoms with Crippen LogP contribution in [0, 0.1) is 5.41 Å². The lowest BCUT2D eigenvalue weighted by Gasteiger charge is -2.16. The molecule has 0 aliphatic carbocycles. The van der Waals surface area contributed by atoms with Gasteiger partial charge in [0.25, 0.3) is 0 Å². The average Bonchev–Trinajstić information content (AvgIpc) is 2.08. The predicted octanol–water partition coefficient (Wildman–Crippen LogP) is 3.95. The Labute approximate surface area is 88.9 Å². The molecular formula is C12H26O2. The molecule has 0 aromatic rings. The number of unbranched alkanes of at least 4 members (excludes halogenated alkanes) is 3. The Kier molecular flexibility index (Phi) is 8.20. The Bertz CT molecular complexity index is 116. The van der Waals surface area contributed by atoms with Crippen molar-refractivity contribution in [2.75, 3.05) is 13.2 Å². The Balaban J connectivity index is 2.99. The maximum atomic E-state index is 5.09. The van der Waals surface area contributed by atoms with E-state index in [9.17, 15) is 0 Å². The van der Waals surface area contributed by atoms with Gasteiger partial charge in [-0.1, -0.05) is 47.0 Å². The van der Waals surface area contributed by atoms with Crippen molar-refractivity contribution in [1.82, 2.24) is 0 Å². The molecule has 0 aliphatic rings. The maximum absolute atomic E-state index is 5.09. The van der Waals surface area contributed by atoms with E-state index in [2.05, 4.69) is 27.7 Å². The van der Waals surface area contributed by atoms with Gasteiger partial charge in [0.05, 0.1) is 13.2 Å². The van der Waals surface area contributed by atoms with E-state index in [0.29, 0.717) is 12.0 Å². The van der Waals surface area contributed by atoms with E-state index in [1.807, 2.05) is 0 Å². The van der Waals surface area contributed by atoms with E-state index in [0.717, 1.165) is 19.4 Å². The summed E-state index contributed by atoms with van der Waals surface area (Å²) in [5, 5.41) is 0. The van der Waals surface area contributed by atoms with Crippen molar-refractivity contribution in [1.29, 1.82) is 0 Å². The Morgan fingerprint density at radius 1 is 0.857 bits per heavy atom. The van der Waals surface area contributed by atoms with Gasteiger partial charge in [-0.3, -0.25) is 0 Å². The van der Waals surface area contributed by atoms with E-state index in [-0.39, 0.29) is 0 Å². The molecule has 2 nitrogen and oxygen atoms in total. The second-order valence-corrected chi connectivity index (χ2v) is 5.02. The van der Waals surface area contributed by atoms with Crippen LogP contribution in [-0.4, -0.2) is 13.2 Å². The Morgan fingerprint density at radius 2 is 1.50 bits per heavy atom. The van der Waals surface area contributed by atoms with Gasteiger partial charge in [0.2, 0.25) is 0 Å². The van der Waals surface area contributed by atoms with Gasteiger partial charge in [-0.25, -0.2) is 9.78 Å². The summed E-state index contributed by atoms with van der Waals surface area (Å²) in [6.45, 7) is 10.3. The van der Waals surface area contributed by atoms with Crippen molar-refractivity contribution >= 4 is 0 Å². The van der Waals surface area contributed by atoms with Gasteiger partial charge in [-0.15, -0.1) is 0 Å². The second-order valence-electron chi connectivity index (χ2n) is 5.02. The third-order valence-corrected chi connectivity index (χ3v) is 2.10. The molecule has 0 saturated carbocycles. The van der Waals surface area contributed by atoms with Crippen molar-refractivity contribution in [3.05, 3.63) is 0 Å². The summed E-state index contributed by atoms with van der Waals surface area (Å²) in [7, 11) is 0. The van der Waals surface area contributed by atoms with Gasteiger partial charge in [-0.05, 0) is 18.3 Å². The topological polar surface area (TPSA) is 18.5 Å². The maximum Gasteiger partial charge on any atom is 0.0827 e. The van der Waals surface area contributed by atoms with Crippen molar-refractivity contribution in [2.24, 2.45) is 5.41 Å². The van der Waals surface area contributed by atoms with Crippen LogP contribution in [0.4, 0.5) is 0 Å². The van der Waals surface area contributed by atoms with Crippen molar-refractivity contribution in [3.8, 4) is 0 Å². The molecule has 0 heterocycles.